The number of carbonyl (C=O) groups excluding carboxylic acids is 2. The molecule has 0 unspecified atom stereocenters. The molecular weight excluding hydrogens is 362 g/mol. The average Bonchev–Trinajstić information content (AvgIpc) is 2.66. The zero-order valence-electron chi connectivity index (χ0n) is 16.0. The van der Waals surface area contributed by atoms with Crippen LogP contribution in [0.15, 0.2) is 59.5 Å². The topological polar surface area (TPSA) is 99.5 Å². The second-order valence-corrected chi connectivity index (χ2v) is 5.99. The Balaban J connectivity index is 2.05. The van der Waals surface area contributed by atoms with Crippen LogP contribution in [0.5, 0.6) is 0 Å². The van der Waals surface area contributed by atoms with Crippen molar-refractivity contribution in [3.63, 3.8) is 0 Å². The summed E-state index contributed by atoms with van der Waals surface area (Å²) in [6.45, 7) is 3.07. The van der Waals surface area contributed by atoms with E-state index in [-0.39, 0.29) is 23.8 Å². The predicted molar refractivity (Wildman–Crippen MR) is 104 cm³/mol. The number of rotatable bonds is 8. The molecule has 0 fully saturated rings. The molecule has 8 nitrogen and oxygen atoms in total. The van der Waals surface area contributed by atoms with Crippen LogP contribution in [0.3, 0.4) is 0 Å². The molecule has 2 aromatic rings. The maximum Gasteiger partial charge on any atom is 0.351 e. The minimum atomic E-state index is -0.584. The molecule has 0 saturated heterocycles. The Morgan fingerprint density at radius 3 is 2.57 bits per heavy atom. The van der Waals surface area contributed by atoms with Gasteiger partial charge in [-0.15, -0.1) is 0 Å². The number of hydrogen-bond donors (Lipinski definition) is 1. The molecule has 1 heterocycles. The van der Waals surface area contributed by atoms with Crippen molar-refractivity contribution in [2.75, 3.05) is 12.4 Å². The van der Waals surface area contributed by atoms with Crippen molar-refractivity contribution < 1.29 is 19.1 Å². The van der Waals surface area contributed by atoms with E-state index in [1.54, 1.807) is 43.3 Å². The van der Waals surface area contributed by atoms with Crippen molar-refractivity contribution in [1.82, 2.24) is 9.55 Å². The third kappa shape index (κ3) is 6.17. The van der Waals surface area contributed by atoms with E-state index in [9.17, 15) is 14.4 Å². The minimum Gasteiger partial charge on any atom is -0.459 e. The Bertz CT molecular complexity index is 892. The highest BCUT2D eigenvalue weighted by Gasteiger charge is 2.13. The van der Waals surface area contributed by atoms with Crippen LogP contribution in [0, 0.1) is 0 Å². The van der Waals surface area contributed by atoms with Crippen LogP contribution < -0.4 is 11.0 Å². The highest BCUT2D eigenvalue weighted by atomic mass is 16.5. The molecule has 2 atom stereocenters. The standard InChI is InChI=1S/C20H23N3O5/c1-14(28-15(2)24)8-7-11-18(27-3)23-13-12-17(22-20(23)26)21-19(25)16-9-5-4-6-10-16/h4-10,12-14,18H,11H2,1-3H3,(H,21,22,25,26)/b8-7-/t14-,18+/m1/s1. The van der Waals surface area contributed by atoms with Crippen molar-refractivity contribution >= 4 is 17.7 Å². The van der Waals surface area contributed by atoms with Gasteiger partial charge < -0.3 is 14.8 Å². The first-order chi connectivity index (χ1) is 13.4. The van der Waals surface area contributed by atoms with Crippen LogP contribution in [-0.4, -0.2) is 34.6 Å². The Morgan fingerprint density at radius 1 is 1.25 bits per heavy atom. The van der Waals surface area contributed by atoms with Crippen LogP contribution in [0.25, 0.3) is 0 Å². The van der Waals surface area contributed by atoms with E-state index in [1.807, 2.05) is 6.07 Å². The summed E-state index contributed by atoms with van der Waals surface area (Å²) in [5.74, 6) is -0.561. The summed E-state index contributed by atoms with van der Waals surface area (Å²) in [7, 11) is 1.48. The maximum atomic E-state index is 12.3. The fraction of sp³-hybridized carbons (Fsp3) is 0.300. The Labute approximate surface area is 162 Å². The number of methoxy groups -OCH3 is 1. The van der Waals surface area contributed by atoms with E-state index >= 15 is 0 Å². The van der Waals surface area contributed by atoms with Gasteiger partial charge in [-0.25, -0.2) is 4.79 Å². The summed E-state index contributed by atoms with van der Waals surface area (Å²) in [6, 6.07) is 10.2. The fourth-order valence-corrected chi connectivity index (χ4v) is 2.49. The van der Waals surface area contributed by atoms with Crippen molar-refractivity contribution in [3.05, 3.63) is 70.8 Å². The molecule has 0 aliphatic carbocycles. The summed E-state index contributed by atoms with van der Waals surface area (Å²) in [5, 5.41) is 2.59. The summed E-state index contributed by atoms with van der Waals surface area (Å²) >= 11 is 0. The molecule has 0 radical (unpaired) electrons. The van der Waals surface area contributed by atoms with Gasteiger partial charge in [0.25, 0.3) is 5.91 Å². The number of hydrogen-bond acceptors (Lipinski definition) is 6. The van der Waals surface area contributed by atoms with Gasteiger partial charge >= 0.3 is 11.7 Å². The van der Waals surface area contributed by atoms with E-state index < -0.39 is 11.9 Å². The molecule has 0 saturated carbocycles. The number of nitrogens with one attached hydrogen (secondary N) is 1. The first-order valence-corrected chi connectivity index (χ1v) is 8.73. The molecule has 1 aromatic carbocycles. The molecular formula is C20H23N3O5. The van der Waals surface area contributed by atoms with Crippen molar-refractivity contribution in [3.8, 4) is 0 Å². The number of benzene rings is 1. The molecule has 8 heteroatoms. The number of carbonyl (C=O) groups is 2. The van der Waals surface area contributed by atoms with Gasteiger partial charge in [0.05, 0.1) is 0 Å². The van der Waals surface area contributed by atoms with Crippen LogP contribution >= 0.6 is 0 Å². The number of esters is 1. The van der Waals surface area contributed by atoms with Crippen molar-refractivity contribution in [2.45, 2.75) is 32.6 Å². The number of anilines is 1. The van der Waals surface area contributed by atoms with E-state index in [0.29, 0.717) is 12.0 Å². The van der Waals surface area contributed by atoms with Gasteiger partial charge in [0.15, 0.2) is 0 Å². The van der Waals surface area contributed by atoms with E-state index in [0.717, 1.165) is 0 Å². The summed E-state index contributed by atoms with van der Waals surface area (Å²) in [4.78, 5) is 39.3. The van der Waals surface area contributed by atoms with E-state index in [2.05, 4.69) is 10.3 Å². The molecule has 1 N–H and O–H groups in total. The quantitative estimate of drug-likeness (QED) is 0.554. The monoisotopic (exact) mass is 385 g/mol. The lowest BCUT2D eigenvalue weighted by molar-refractivity contribution is -0.143. The van der Waals surface area contributed by atoms with E-state index in [4.69, 9.17) is 9.47 Å². The largest absolute Gasteiger partial charge is 0.459 e. The van der Waals surface area contributed by atoms with Crippen LogP contribution in [0.4, 0.5) is 5.82 Å². The first-order valence-electron chi connectivity index (χ1n) is 8.73. The zero-order valence-corrected chi connectivity index (χ0v) is 16.0. The van der Waals surface area contributed by atoms with Gasteiger partial charge in [0, 0.05) is 32.2 Å². The van der Waals surface area contributed by atoms with Gasteiger partial charge in [-0.05, 0) is 31.2 Å². The summed E-state index contributed by atoms with van der Waals surface area (Å²) in [6.07, 6.45) is 4.40. The lowest BCUT2D eigenvalue weighted by atomic mass is 10.2. The van der Waals surface area contributed by atoms with Crippen molar-refractivity contribution in [2.24, 2.45) is 0 Å². The molecule has 0 aliphatic heterocycles. The Morgan fingerprint density at radius 2 is 1.96 bits per heavy atom. The second-order valence-electron chi connectivity index (χ2n) is 5.99. The van der Waals surface area contributed by atoms with Crippen LogP contribution in [0.2, 0.25) is 0 Å². The molecule has 0 spiro atoms. The van der Waals surface area contributed by atoms with Gasteiger partial charge in [-0.3, -0.25) is 14.2 Å². The number of amides is 1. The van der Waals surface area contributed by atoms with Gasteiger partial charge in [-0.1, -0.05) is 24.3 Å². The van der Waals surface area contributed by atoms with Gasteiger partial charge in [-0.2, -0.15) is 4.98 Å². The third-order valence-electron chi connectivity index (χ3n) is 3.79. The molecule has 28 heavy (non-hydrogen) atoms. The highest BCUT2D eigenvalue weighted by molar-refractivity contribution is 6.03. The summed E-state index contributed by atoms with van der Waals surface area (Å²) in [5.41, 5.74) is -0.0885. The van der Waals surface area contributed by atoms with Crippen LogP contribution in [-0.2, 0) is 14.3 Å². The number of ether oxygens (including phenoxy) is 2. The molecule has 1 aromatic heterocycles. The van der Waals surface area contributed by atoms with Crippen LogP contribution in [0.1, 0.15) is 36.9 Å². The first kappa shape index (κ1) is 21.0. The zero-order chi connectivity index (χ0) is 20.5. The predicted octanol–water partition coefficient (Wildman–Crippen LogP) is 2.54. The second kappa shape index (κ2) is 10.2. The minimum absolute atomic E-state index is 0.156. The highest BCUT2D eigenvalue weighted by Crippen LogP contribution is 2.12. The smallest absolute Gasteiger partial charge is 0.351 e. The summed E-state index contributed by atoms with van der Waals surface area (Å²) < 4.78 is 11.7. The molecule has 0 bridgehead atoms. The number of nitrogens with zero attached hydrogens (tertiary/aromatic N) is 2. The third-order valence-corrected chi connectivity index (χ3v) is 3.79. The average molecular weight is 385 g/mol. The molecule has 2 rings (SSSR count). The Kier molecular flexibility index (Phi) is 7.65. The maximum absolute atomic E-state index is 12.3. The number of aromatic nitrogens is 2. The molecule has 0 aliphatic rings. The van der Waals surface area contributed by atoms with Crippen molar-refractivity contribution in [1.29, 1.82) is 0 Å². The van der Waals surface area contributed by atoms with Gasteiger partial charge in [0.1, 0.15) is 18.1 Å². The lowest BCUT2D eigenvalue weighted by Gasteiger charge is -2.16. The van der Waals surface area contributed by atoms with Gasteiger partial charge in [0.2, 0.25) is 0 Å². The fourth-order valence-electron chi connectivity index (χ4n) is 2.49. The SMILES string of the molecule is CO[C@@H](C/C=C\[C@@H](C)OC(C)=O)n1ccc(NC(=O)c2ccccc2)nc1=O. The molecule has 148 valence electrons. The molecule has 1 amide bonds. The van der Waals surface area contributed by atoms with E-state index in [1.165, 1.54) is 30.9 Å². The normalized spacial score (nSPS) is 13.1. The Hall–Kier alpha value is -3.26. The lowest BCUT2D eigenvalue weighted by Crippen LogP contribution is -2.28.